The van der Waals surface area contributed by atoms with E-state index in [1.807, 2.05) is 0 Å². The van der Waals surface area contributed by atoms with E-state index < -0.39 is 22.9 Å². The Bertz CT molecular complexity index is 947. The van der Waals surface area contributed by atoms with Gasteiger partial charge in [0, 0.05) is 24.5 Å². The molecule has 1 aliphatic carbocycles. The standard InChI is InChI=1S/C18H20ClF3N6O/c19-16(24)12(8-23)17(29)26-11-6-4-10(5-7-11)25-14-2-1-3-15-27-13(9-28(14)15)18(20,21)22/h1-3,8-11,24-25H,4-7,23H2,(H,26,29)/b12-8+,24-16?. The number of rotatable bonds is 5. The summed E-state index contributed by atoms with van der Waals surface area (Å²) < 4.78 is 40.2. The summed E-state index contributed by atoms with van der Waals surface area (Å²) in [5.74, 6) is 0.0358. The van der Waals surface area contributed by atoms with Crippen LogP contribution in [0.3, 0.4) is 0 Å². The van der Waals surface area contributed by atoms with Crippen molar-refractivity contribution in [2.24, 2.45) is 5.73 Å². The van der Waals surface area contributed by atoms with Crippen molar-refractivity contribution < 1.29 is 18.0 Å². The Balaban J connectivity index is 1.62. The number of nitrogens with two attached hydrogens (primary N) is 1. The minimum atomic E-state index is -4.50. The molecular weight excluding hydrogens is 409 g/mol. The van der Waals surface area contributed by atoms with Crippen molar-refractivity contribution in [3.63, 3.8) is 0 Å². The molecule has 7 nitrogen and oxygen atoms in total. The molecule has 3 rings (SSSR count). The predicted octanol–water partition coefficient (Wildman–Crippen LogP) is 3.25. The lowest BCUT2D eigenvalue weighted by Gasteiger charge is -2.30. The molecule has 2 aromatic rings. The lowest BCUT2D eigenvalue weighted by Crippen LogP contribution is -2.41. The Hall–Kier alpha value is -2.75. The second-order valence-electron chi connectivity index (χ2n) is 6.82. The molecule has 0 spiro atoms. The highest BCUT2D eigenvalue weighted by Crippen LogP contribution is 2.30. The highest BCUT2D eigenvalue weighted by Gasteiger charge is 2.34. The fourth-order valence-electron chi connectivity index (χ4n) is 3.37. The van der Waals surface area contributed by atoms with E-state index in [0.717, 1.165) is 12.4 Å². The number of fused-ring (bicyclic) bond motifs is 1. The SMILES string of the molecule is N=C(Cl)/C(=C\N)C(=O)NC1CCC(Nc2cccc3nc(C(F)(F)F)cn23)CC1. The van der Waals surface area contributed by atoms with Crippen LogP contribution < -0.4 is 16.4 Å². The summed E-state index contributed by atoms with van der Waals surface area (Å²) in [6, 6.07) is 4.82. The maximum atomic E-state index is 12.9. The number of hydrogen-bond donors (Lipinski definition) is 4. The zero-order chi connectivity index (χ0) is 21.2. The number of aromatic nitrogens is 2. The van der Waals surface area contributed by atoms with Gasteiger partial charge in [0.25, 0.3) is 5.91 Å². The molecule has 1 fully saturated rings. The van der Waals surface area contributed by atoms with Gasteiger partial charge in [-0.3, -0.25) is 14.6 Å². The van der Waals surface area contributed by atoms with Gasteiger partial charge < -0.3 is 16.4 Å². The largest absolute Gasteiger partial charge is 0.434 e. The first-order chi connectivity index (χ1) is 13.7. The Morgan fingerprint density at radius 1 is 1.28 bits per heavy atom. The Labute approximate surface area is 169 Å². The average Bonchev–Trinajstić information content (AvgIpc) is 3.09. The lowest BCUT2D eigenvalue weighted by atomic mass is 9.91. The average molecular weight is 429 g/mol. The fraction of sp³-hybridized carbons (Fsp3) is 0.389. The van der Waals surface area contributed by atoms with Gasteiger partial charge in [-0.1, -0.05) is 17.7 Å². The number of amides is 1. The van der Waals surface area contributed by atoms with E-state index in [1.165, 1.54) is 10.5 Å². The number of alkyl halides is 3. The first kappa shape index (κ1) is 21.0. The maximum Gasteiger partial charge on any atom is 0.434 e. The maximum absolute atomic E-state index is 12.9. The Morgan fingerprint density at radius 2 is 1.93 bits per heavy atom. The Kier molecular flexibility index (Phi) is 6.02. The van der Waals surface area contributed by atoms with E-state index in [2.05, 4.69) is 15.6 Å². The first-order valence-electron chi connectivity index (χ1n) is 8.98. The highest BCUT2D eigenvalue weighted by molar-refractivity contribution is 6.71. The summed E-state index contributed by atoms with van der Waals surface area (Å²) >= 11 is 5.53. The van der Waals surface area contributed by atoms with Gasteiger partial charge in [-0.25, -0.2) is 4.98 Å². The number of anilines is 1. The molecule has 1 amide bonds. The van der Waals surface area contributed by atoms with Crippen molar-refractivity contribution in [2.75, 3.05) is 5.32 Å². The third-order valence-corrected chi connectivity index (χ3v) is 5.05. The van der Waals surface area contributed by atoms with Gasteiger partial charge in [0.15, 0.2) is 5.69 Å². The van der Waals surface area contributed by atoms with E-state index in [-0.39, 0.29) is 23.3 Å². The third kappa shape index (κ3) is 4.81. The lowest BCUT2D eigenvalue weighted by molar-refractivity contribution is -0.140. The van der Waals surface area contributed by atoms with Gasteiger partial charge >= 0.3 is 6.18 Å². The molecule has 0 radical (unpaired) electrons. The van der Waals surface area contributed by atoms with E-state index in [9.17, 15) is 18.0 Å². The van der Waals surface area contributed by atoms with Crippen LogP contribution in [-0.2, 0) is 11.0 Å². The quantitative estimate of drug-likeness (QED) is 0.433. The summed E-state index contributed by atoms with van der Waals surface area (Å²) in [5, 5.41) is 13.0. The van der Waals surface area contributed by atoms with Crippen LogP contribution in [0.1, 0.15) is 31.4 Å². The fourth-order valence-corrected chi connectivity index (χ4v) is 3.52. The zero-order valence-corrected chi connectivity index (χ0v) is 16.0. The summed E-state index contributed by atoms with van der Waals surface area (Å²) in [6.45, 7) is 0. The van der Waals surface area contributed by atoms with Gasteiger partial charge in [-0.05, 0) is 37.8 Å². The van der Waals surface area contributed by atoms with Crippen LogP contribution in [0, 0.1) is 5.41 Å². The molecule has 0 atom stereocenters. The number of nitrogens with zero attached hydrogens (tertiary/aromatic N) is 2. The molecule has 0 aliphatic heterocycles. The molecule has 1 aliphatic rings. The topological polar surface area (TPSA) is 108 Å². The zero-order valence-electron chi connectivity index (χ0n) is 15.3. The predicted molar refractivity (Wildman–Crippen MR) is 104 cm³/mol. The van der Waals surface area contributed by atoms with Crippen LogP contribution in [0.5, 0.6) is 0 Å². The van der Waals surface area contributed by atoms with Crippen molar-refractivity contribution in [3.05, 3.63) is 41.9 Å². The van der Waals surface area contributed by atoms with E-state index in [4.69, 9.17) is 22.7 Å². The molecule has 2 heterocycles. The number of carbonyl (C=O) groups is 1. The van der Waals surface area contributed by atoms with Gasteiger partial charge in [-0.15, -0.1) is 0 Å². The van der Waals surface area contributed by atoms with Crippen LogP contribution in [0.25, 0.3) is 5.65 Å². The van der Waals surface area contributed by atoms with Gasteiger partial charge in [0.2, 0.25) is 0 Å². The molecule has 2 aromatic heterocycles. The number of imidazole rings is 1. The Morgan fingerprint density at radius 3 is 2.52 bits per heavy atom. The second-order valence-corrected chi connectivity index (χ2v) is 7.20. The molecule has 11 heteroatoms. The molecule has 156 valence electrons. The van der Waals surface area contributed by atoms with Crippen LogP contribution in [-0.4, -0.2) is 32.5 Å². The molecule has 5 N–H and O–H groups in total. The number of pyridine rings is 1. The smallest absolute Gasteiger partial charge is 0.404 e. The van der Waals surface area contributed by atoms with Crippen LogP contribution >= 0.6 is 11.6 Å². The highest BCUT2D eigenvalue weighted by atomic mass is 35.5. The molecule has 1 saturated carbocycles. The van der Waals surface area contributed by atoms with Crippen molar-refractivity contribution in [1.29, 1.82) is 5.41 Å². The van der Waals surface area contributed by atoms with E-state index in [0.29, 0.717) is 31.5 Å². The summed E-state index contributed by atoms with van der Waals surface area (Å²) in [7, 11) is 0. The monoisotopic (exact) mass is 428 g/mol. The van der Waals surface area contributed by atoms with E-state index >= 15 is 0 Å². The van der Waals surface area contributed by atoms with Crippen LogP contribution in [0.2, 0.25) is 0 Å². The molecule has 0 saturated heterocycles. The molecule has 0 bridgehead atoms. The summed E-state index contributed by atoms with van der Waals surface area (Å²) in [5.41, 5.74) is 4.52. The number of halogens is 4. The minimum Gasteiger partial charge on any atom is -0.404 e. The minimum absolute atomic E-state index is 0.0429. The molecule has 0 unspecified atom stereocenters. The van der Waals surface area contributed by atoms with Crippen molar-refractivity contribution in [3.8, 4) is 0 Å². The second kappa shape index (κ2) is 8.32. The van der Waals surface area contributed by atoms with E-state index in [1.54, 1.807) is 12.1 Å². The van der Waals surface area contributed by atoms with Crippen molar-refractivity contribution >= 4 is 34.1 Å². The number of nitrogens with one attached hydrogen (secondary N) is 3. The third-order valence-electron chi connectivity index (χ3n) is 4.84. The van der Waals surface area contributed by atoms with Gasteiger partial charge in [0.1, 0.15) is 16.6 Å². The molecule has 0 aromatic carbocycles. The van der Waals surface area contributed by atoms with Crippen LogP contribution in [0.15, 0.2) is 36.2 Å². The summed E-state index contributed by atoms with van der Waals surface area (Å²) in [6.07, 6.45) is 0.235. The molecule has 29 heavy (non-hydrogen) atoms. The normalized spacial score (nSPS) is 20.5. The molecular formula is C18H20ClF3N6O. The van der Waals surface area contributed by atoms with Crippen molar-refractivity contribution in [2.45, 2.75) is 43.9 Å². The first-order valence-corrected chi connectivity index (χ1v) is 9.36. The van der Waals surface area contributed by atoms with Gasteiger partial charge in [-0.2, -0.15) is 13.2 Å². The summed E-state index contributed by atoms with van der Waals surface area (Å²) in [4.78, 5) is 15.7. The van der Waals surface area contributed by atoms with Crippen molar-refractivity contribution in [1.82, 2.24) is 14.7 Å². The number of carbonyl (C=O) groups excluding carboxylic acids is 1. The number of hydrogen-bond acceptors (Lipinski definition) is 5. The van der Waals surface area contributed by atoms with Gasteiger partial charge in [0.05, 0.1) is 5.57 Å². The van der Waals surface area contributed by atoms with Crippen LogP contribution in [0.4, 0.5) is 19.0 Å².